The minimum absolute atomic E-state index is 0.579. The first kappa shape index (κ1) is 14.1. The molecular formula is C13H14N4O2S. The van der Waals surface area contributed by atoms with Gasteiger partial charge in [0.1, 0.15) is 16.1 Å². The van der Waals surface area contributed by atoms with Crippen molar-refractivity contribution in [1.29, 1.82) is 0 Å². The van der Waals surface area contributed by atoms with Gasteiger partial charge in [0.15, 0.2) is 0 Å². The maximum absolute atomic E-state index is 10.9. The number of nitrogens with one attached hydrogen (secondary N) is 1. The minimum Gasteiger partial charge on any atom is -0.480 e. The molecule has 0 aromatic carbocycles. The van der Waals surface area contributed by atoms with Gasteiger partial charge in [0.2, 0.25) is 0 Å². The maximum atomic E-state index is 10.9. The van der Waals surface area contributed by atoms with Crippen molar-refractivity contribution >= 4 is 34.9 Å². The Balaban J connectivity index is 2.19. The van der Waals surface area contributed by atoms with Gasteiger partial charge in [0.25, 0.3) is 0 Å². The van der Waals surface area contributed by atoms with Gasteiger partial charge in [0.05, 0.1) is 17.6 Å². The molecule has 2 aromatic rings. The van der Waals surface area contributed by atoms with Gasteiger partial charge in [-0.15, -0.1) is 0 Å². The SMILES string of the molecule is CC(Sc1ncccc1Nc1ccc(N)cn1)C(=O)O. The van der Waals surface area contributed by atoms with Crippen LogP contribution < -0.4 is 11.1 Å². The van der Waals surface area contributed by atoms with Crippen molar-refractivity contribution in [3.05, 3.63) is 36.7 Å². The molecule has 0 fully saturated rings. The summed E-state index contributed by atoms with van der Waals surface area (Å²) in [6, 6.07) is 7.08. The van der Waals surface area contributed by atoms with Gasteiger partial charge >= 0.3 is 5.97 Å². The van der Waals surface area contributed by atoms with Crippen LogP contribution >= 0.6 is 11.8 Å². The van der Waals surface area contributed by atoms with Gasteiger partial charge < -0.3 is 16.2 Å². The van der Waals surface area contributed by atoms with Gasteiger partial charge in [0, 0.05) is 6.20 Å². The molecule has 4 N–H and O–H groups in total. The first-order chi connectivity index (χ1) is 9.56. The predicted molar refractivity (Wildman–Crippen MR) is 79.1 cm³/mol. The lowest BCUT2D eigenvalue weighted by Crippen LogP contribution is -2.12. The fourth-order valence-corrected chi connectivity index (χ4v) is 2.22. The molecule has 0 saturated heterocycles. The maximum Gasteiger partial charge on any atom is 0.316 e. The molecule has 7 heteroatoms. The fraction of sp³-hybridized carbons (Fsp3) is 0.154. The number of carboxylic acids is 1. The lowest BCUT2D eigenvalue weighted by Gasteiger charge is -2.11. The Bertz CT molecular complexity index is 604. The highest BCUT2D eigenvalue weighted by molar-refractivity contribution is 8.00. The number of aromatic nitrogens is 2. The Labute approximate surface area is 120 Å². The number of pyridine rings is 2. The summed E-state index contributed by atoms with van der Waals surface area (Å²) < 4.78 is 0. The summed E-state index contributed by atoms with van der Waals surface area (Å²) in [7, 11) is 0. The summed E-state index contributed by atoms with van der Waals surface area (Å²) in [5, 5.41) is 12.1. The van der Waals surface area contributed by atoms with E-state index < -0.39 is 11.2 Å². The Morgan fingerprint density at radius 3 is 2.85 bits per heavy atom. The number of hydrogen-bond donors (Lipinski definition) is 3. The molecule has 2 rings (SSSR count). The third kappa shape index (κ3) is 3.61. The Morgan fingerprint density at radius 1 is 1.40 bits per heavy atom. The zero-order chi connectivity index (χ0) is 14.5. The van der Waals surface area contributed by atoms with Crippen LogP contribution in [0.3, 0.4) is 0 Å². The van der Waals surface area contributed by atoms with Crippen LogP contribution in [0, 0.1) is 0 Å². The molecule has 0 aliphatic heterocycles. The summed E-state index contributed by atoms with van der Waals surface area (Å²) in [5.74, 6) is -0.255. The molecule has 20 heavy (non-hydrogen) atoms. The third-order valence-corrected chi connectivity index (χ3v) is 3.56. The van der Waals surface area contributed by atoms with E-state index >= 15 is 0 Å². The van der Waals surface area contributed by atoms with Crippen molar-refractivity contribution < 1.29 is 9.90 Å². The molecule has 0 amide bonds. The number of aliphatic carboxylic acids is 1. The number of nitrogen functional groups attached to an aromatic ring is 1. The molecule has 2 heterocycles. The van der Waals surface area contributed by atoms with Crippen LogP contribution in [-0.2, 0) is 4.79 Å². The molecule has 1 atom stereocenters. The summed E-state index contributed by atoms with van der Waals surface area (Å²) in [6.45, 7) is 1.62. The Morgan fingerprint density at radius 2 is 2.20 bits per heavy atom. The molecule has 1 unspecified atom stereocenters. The summed E-state index contributed by atoms with van der Waals surface area (Å²) in [4.78, 5) is 19.3. The summed E-state index contributed by atoms with van der Waals surface area (Å²) in [6.07, 6.45) is 3.17. The fourth-order valence-electron chi connectivity index (χ4n) is 1.41. The average Bonchev–Trinajstić information content (AvgIpc) is 2.43. The molecule has 0 aliphatic carbocycles. The van der Waals surface area contributed by atoms with Gasteiger partial charge in [-0.05, 0) is 31.2 Å². The molecule has 0 saturated carbocycles. The van der Waals surface area contributed by atoms with Crippen LogP contribution in [0.15, 0.2) is 41.7 Å². The number of carbonyl (C=O) groups is 1. The number of nitrogens with two attached hydrogens (primary N) is 1. The van der Waals surface area contributed by atoms with E-state index in [0.29, 0.717) is 22.2 Å². The lowest BCUT2D eigenvalue weighted by atomic mass is 10.4. The molecule has 6 nitrogen and oxygen atoms in total. The van der Waals surface area contributed by atoms with Crippen LogP contribution in [0.2, 0.25) is 0 Å². The van der Waals surface area contributed by atoms with Crippen LogP contribution in [0.4, 0.5) is 17.2 Å². The van der Waals surface area contributed by atoms with Gasteiger partial charge in [-0.2, -0.15) is 0 Å². The molecule has 0 bridgehead atoms. The van der Waals surface area contributed by atoms with Gasteiger partial charge in [-0.1, -0.05) is 11.8 Å². The van der Waals surface area contributed by atoms with E-state index in [4.69, 9.17) is 10.8 Å². The van der Waals surface area contributed by atoms with Crippen LogP contribution in [-0.4, -0.2) is 26.3 Å². The highest BCUT2D eigenvalue weighted by Crippen LogP contribution is 2.30. The summed E-state index contributed by atoms with van der Waals surface area (Å²) >= 11 is 1.18. The molecule has 0 spiro atoms. The second-order valence-electron chi connectivity index (χ2n) is 4.06. The normalized spacial score (nSPS) is 11.8. The quantitative estimate of drug-likeness (QED) is 0.726. The largest absolute Gasteiger partial charge is 0.480 e. The van der Waals surface area contributed by atoms with E-state index in [0.717, 1.165) is 0 Å². The average molecular weight is 290 g/mol. The van der Waals surface area contributed by atoms with Crippen LogP contribution in [0.1, 0.15) is 6.92 Å². The van der Waals surface area contributed by atoms with E-state index in [1.807, 2.05) is 6.07 Å². The first-order valence-corrected chi connectivity index (χ1v) is 6.77. The van der Waals surface area contributed by atoms with Crippen LogP contribution in [0.5, 0.6) is 0 Å². The zero-order valence-corrected chi connectivity index (χ0v) is 11.6. The second-order valence-corrected chi connectivity index (χ2v) is 5.39. The number of rotatable bonds is 5. The number of carboxylic acid groups (broad SMARTS) is 1. The number of hydrogen-bond acceptors (Lipinski definition) is 6. The molecule has 0 radical (unpaired) electrons. The molecule has 0 aliphatic rings. The smallest absolute Gasteiger partial charge is 0.316 e. The highest BCUT2D eigenvalue weighted by Gasteiger charge is 2.15. The van der Waals surface area contributed by atoms with E-state index in [1.165, 1.54) is 11.8 Å². The van der Waals surface area contributed by atoms with Crippen molar-refractivity contribution in [2.45, 2.75) is 17.2 Å². The zero-order valence-electron chi connectivity index (χ0n) is 10.8. The van der Waals surface area contributed by atoms with Crippen molar-refractivity contribution in [3.63, 3.8) is 0 Å². The highest BCUT2D eigenvalue weighted by atomic mass is 32.2. The molecular weight excluding hydrogens is 276 g/mol. The van der Waals surface area contributed by atoms with E-state index in [-0.39, 0.29) is 0 Å². The van der Waals surface area contributed by atoms with Crippen molar-refractivity contribution in [2.24, 2.45) is 0 Å². The van der Waals surface area contributed by atoms with Crippen molar-refractivity contribution in [1.82, 2.24) is 9.97 Å². The lowest BCUT2D eigenvalue weighted by molar-refractivity contribution is -0.136. The van der Waals surface area contributed by atoms with Crippen LogP contribution in [0.25, 0.3) is 0 Å². The minimum atomic E-state index is -0.878. The Kier molecular flexibility index (Phi) is 4.41. The predicted octanol–water partition coefficient (Wildman–Crippen LogP) is 2.37. The van der Waals surface area contributed by atoms with E-state index in [1.54, 1.807) is 37.5 Å². The van der Waals surface area contributed by atoms with Gasteiger partial charge in [-0.3, -0.25) is 4.79 Å². The molecule has 2 aromatic heterocycles. The number of nitrogens with zero attached hydrogens (tertiary/aromatic N) is 2. The standard InChI is InChI=1S/C13H14N4O2S/c1-8(13(18)19)20-12-10(3-2-6-15-12)17-11-5-4-9(14)7-16-11/h2-8H,14H2,1H3,(H,16,17)(H,18,19). The number of anilines is 3. The van der Waals surface area contributed by atoms with Crippen molar-refractivity contribution in [2.75, 3.05) is 11.1 Å². The number of thioether (sulfide) groups is 1. The monoisotopic (exact) mass is 290 g/mol. The van der Waals surface area contributed by atoms with E-state index in [2.05, 4.69) is 15.3 Å². The summed E-state index contributed by atoms with van der Waals surface area (Å²) in [5.41, 5.74) is 6.87. The van der Waals surface area contributed by atoms with E-state index in [9.17, 15) is 4.79 Å². The molecule has 104 valence electrons. The topological polar surface area (TPSA) is 101 Å². The Hall–Kier alpha value is -2.28. The van der Waals surface area contributed by atoms with Crippen molar-refractivity contribution in [3.8, 4) is 0 Å². The third-order valence-electron chi connectivity index (χ3n) is 2.46. The second kappa shape index (κ2) is 6.25. The van der Waals surface area contributed by atoms with Gasteiger partial charge in [-0.25, -0.2) is 9.97 Å². The first-order valence-electron chi connectivity index (χ1n) is 5.89.